The Hall–Kier alpha value is -0.460. The molecule has 0 aromatic heterocycles. The number of rotatable bonds is 17. The number of carbonyl (C=O) groups is 1. The Labute approximate surface area is 182 Å². The maximum absolute atomic E-state index is 12.0. The molecule has 0 heterocycles. The number of quaternary nitrogens is 1. The van der Waals surface area contributed by atoms with E-state index in [4.69, 9.17) is 13.0 Å². The van der Waals surface area contributed by atoms with Crippen LogP contribution in [0.25, 0.3) is 0 Å². The first-order valence-electron chi connectivity index (χ1n) is 11.8. The normalized spacial score (nSPS) is 11.8. The van der Waals surface area contributed by atoms with E-state index in [2.05, 4.69) is 13.8 Å². The van der Waals surface area contributed by atoms with E-state index < -0.39 is 10.1 Å². The van der Waals surface area contributed by atoms with Crippen LogP contribution in [0.4, 0.5) is 0 Å². The lowest BCUT2D eigenvalue weighted by atomic mass is 10.0. The zero-order valence-electron chi connectivity index (χ0n) is 20.0. The molecule has 0 aliphatic heterocycles. The number of unbranched alkanes of at least 4 members (excludes halogenated alkanes) is 14. The molecule has 0 fully saturated rings. The smallest absolute Gasteiger partial charge is 0.313 e. The highest BCUT2D eigenvalue weighted by Gasteiger charge is 2.22. The van der Waals surface area contributed by atoms with Gasteiger partial charge >= 0.3 is 5.91 Å². The van der Waals surface area contributed by atoms with E-state index >= 15 is 0 Å². The summed E-state index contributed by atoms with van der Waals surface area (Å²) in [7, 11) is 0.126. The predicted octanol–water partition coefficient (Wildman–Crippen LogP) is 6.03. The van der Waals surface area contributed by atoms with E-state index in [0.717, 1.165) is 19.4 Å². The average molecular weight is 436 g/mol. The minimum Gasteiger partial charge on any atom is -0.748 e. The van der Waals surface area contributed by atoms with Crippen LogP contribution in [0, 0.1) is 0 Å². The Kier molecular flexibility index (Phi) is 20.7. The van der Waals surface area contributed by atoms with Gasteiger partial charge in [-0.3, -0.25) is 4.48 Å². The minimum atomic E-state index is -3.92. The zero-order chi connectivity index (χ0) is 22.6. The average Bonchev–Trinajstić information content (AvgIpc) is 2.63. The van der Waals surface area contributed by atoms with Gasteiger partial charge in [0.05, 0.1) is 37.2 Å². The van der Waals surface area contributed by atoms with Crippen molar-refractivity contribution >= 4 is 16.0 Å². The third kappa shape index (κ3) is 27.5. The second-order valence-electron chi connectivity index (χ2n) is 8.80. The van der Waals surface area contributed by atoms with Gasteiger partial charge in [0.25, 0.3) is 0 Å². The van der Waals surface area contributed by atoms with Crippen molar-refractivity contribution in [1.82, 2.24) is 0 Å². The van der Waals surface area contributed by atoms with Crippen molar-refractivity contribution in [2.45, 2.75) is 117 Å². The standard InChI is InChI=1S/C22H46NO.CH4O3S/c1-5-7-8-9-10-11-12-13-14-15-16-17-18-19-20-21-22(24)23(3,4)6-2;1-5(2,3)4/h5-21H2,1-4H3;1H3,(H,2,3,4)/q+1;/p-1. The van der Waals surface area contributed by atoms with Crippen molar-refractivity contribution in [1.29, 1.82) is 0 Å². The topological polar surface area (TPSA) is 74.3 Å². The molecule has 0 radical (unpaired) electrons. The molecule has 6 heteroatoms. The third-order valence-corrected chi connectivity index (χ3v) is 5.46. The summed E-state index contributed by atoms with van der Waals surface area (Å²) >= 11 is 0. The monoisotopic (exact) mass is 435 g/mol. The van der Waals surface area contributed by atoms with Crippen LogP contribution in [0.5, 0.6) is 0 Å². The molecule has 1 amide bonds. The molecule has 0 bridgehead atoms. The van der Waals surface area contributed by atoms with Gasteiger partial charge in [0.2, 0.25) is 0 Å². The summed E-state index contributed by atoms with van der Waals surface area (Å²) in [6.45, 7) is 5.27. The van der Waals surface area contributed by atoms with E-state index in [1.807, 2.05) is 14.1 Å². The second kappa shape index (κ2) is 19.5. The molecule has 0 saturated heterocycles. The molecule has 176 valence electrons. The summed E-state index contributed by atoms with van der Waals surface area (Å²) < 4.78 is 27.8. The first-order chi connectivity index (χ1) is 13.5. The molecule has 0 saturated carbocycles. The summed E-state index contributed by atoms with van der Waals surface area (Å²) in [5.74, 6) is 0.396. The van der Waals surface area contributed by atoms with Crippen LogP contribution in [0.1, 0.15) is 117 Å². The van der Waals surface area contributed by atoms with Crippen molar-refractivity contribution in [3.8, 4) is 0 Å². The van der Waals surface area contributed by atoms with Gasteiger partial charge in [0.1, 0.15) is 0 Å². The Balaban J connectivity index is 0. The molecule has 0 aromatic carbocycles. The quantitative estimate of drug-likeness (QED) is 0.159. The van der Waals surface area contributed by atoms with Crippen LogP contribution in [-0.4, -0.2) is 50.3 Å². The van der Waals surface area contributed by atoms with Gasteiger partial charge < -0.3 is 4.55 Å². The lowest BCUT2D eigenvalue weighted by Crippen LogP contribution is -2.45. The molecule has 0 rings (SSSR count). The van der Waals surface area contributed by atoms with Gasteiger partial charge in [-0.05, 0) is 13.3 Å². The fourth-order valence-corrected chi connectivity index (χ4v) is 3.13. The largest absolute Gasteiger partial charge is 0.748 e. The van der Waals surface area contributed by atoms with Crippen molar-refractivity contribution in [2.24, 2.45) is 0 Å². The molecule has 0 aliphatic rings. The summed E-state index contributed by atoms with van der Waals surface area (Å²) in [6, 6.07) is 0. The van der Waals surface area contributed by atoms with Crippen molar-refractivity contribution in [2.75, 3.05) is 26.9 Å². The van der Waals surface area contributed by atoms with Crippen LogP contribution >= 0.6 is 0 Å². The van der Waals surface area contributed by atoms with Crippen molar-refractivity contribution in [3.05, 3.63) is 0 Å². The fourth-order valence-electron chi connectivity index (χ4n) is 3.13. The minimum absolute atomic E-state index is 0.396. The van der Waals surface area contributed by atoms with Gasteiger partial charge in [0, 0.05) is 6.26 Å². The molecule has 5 nitrogen and oxygen atoms in total. The van der Waals surface area contributed by atoms with E-state index in [9.17, 15) is 4.79 Å². The molecule has 0 unspecified atom stereocenters. The van der Waals surface area contributed by atoms with Crippen LogP contribution in [-0.2, 0) is 14.9 Å². The maximum atomic E-state index is 12.0. The summed E-state index contributed by atoms with van der Waals surface area (Å²) in [5.41, 5.74) is 0. The van der Waals surface area contributed by atoms with Crippen molar-refractivity contribution < 1.29 is 22.2 Å². The highest BCUT2D eigenvalue weighted by atomic mass is 32.2. The molecule has 0 spiro atoms. The lowest BCUT2D eigenvalue weighted by molar-refractivity contribution is -0.812. The SMILES string of the molecule is CCCCCCCCCCCCCCCCCC(=O)[N+](C)(C)CC.CS(=O)(=O)[O-]. The van der Waals surface area contributed by atoms with Gasteiger partial charge in [0.15, 0.2) is 0 Å². The van der Waals surface area contributed by atoms with E-state index in [1.54, 1.807) is 0 Å². The van der Waals surface area contributed by atoms with Crippen LogP contribution < -0.4 is 0 Å². The third-order valence-electron chi connectivity index (χ3n) is 5.46. The number of carbonyl (C=O) groups excluding carboxylic acids is 1. The van der Waals surface area contributed by atoms with Gasteiger partial charge in [-0.15, -0.1) is 0 Å². The number of amides is 1. The van der Waals surface area contributed by atoms with Gasteiger partial charge in [-0.1, -0.05) is 96.8 Å². The molecule has 0 atom stereocenters. The summed E-state index contributed by atoms with van der Waals surface area (Å²) in [6.07, 6.45) is 22.0. The number of nitrogens with zero attached hydrogens (tertiary/aromatic N) is 1. The zero-order valence-corrected chi connectivity index (χ0v) is 20.8. The number of hydrogen-bond acceptors (Lipinski definition) is 4. The first kappa shape index (κ1) is 30.7. The Bertz CT molecular complexity index is 467. The van der Waals surface area contributed by atoms with E-state index in [1.165, 1.54) is 89.9 Å². The van der Waals surface area contributed by atoms with Crippen LogP contribution in [0.2, 0.25) is 0 Å². The fraction of sp³-hybridized carbons (Fsp3) is 0.957. The molecule has 0 aromatic rings. The lowest BCUT2D eigenvalue weighted by Gasteiger charge is -2.24. The van der Waals surface area contributed by atoms with Crippen LogP contribution in [0.3, 0.4) is 0 Å². The first-order valence-corrected chi connectivity index (χ1v) is 13.6. The number of hydrogen-bond donors (Lipinski definition) is 0. The van der Waals surface area contributed by atoms with E-state index in [0.29, 0.717) is 16.6 Å². The van der Waals surface area contributed by atoms with Crippen LogP contribution in [0.15, 0.2) is 0 Å². The molecule has 0 N–H and O–H groups in total. The predicted molar refractivity (Wildman–Crippen MR) is 123 cm³/mol. The second-order valence-corrected chi connectivity index (χ2v) is 10.2. The molecular weight excluding hydrogens is 386 g/mol. The summed E-state index contributed by atoms with van der Waals surface area (Å²) in [4.78, 5) is 12.0. The summed E-state index contributed by atoms with van der Waals surface area (Å²) in [5, 5.41) is 0. The maximum Gasteiger partial charge on any atom is 0.313 e. The van der Waals surface area contributed by atoms with Gasteiger partial charge in [-0.2, -0.15) is 0 Å². The van der Waals surface area contributed by atoms with Gasteiger partial charge in [-0.25, -0.2) is 13.2 Å². The van der Waals surface area contributed by atoms with Crippen molar-refractivity contribution in [3.63, 3.8) is 0 Å². The molecule has 0 aliphatic carbocycles. The highest BCUT2D eigenvalue weighted by Crippen LogP contribution is 2.14. The Morgan fingerprint density at radius 2 is 0.966 bits per heavy atom. The molecular formula is C23H49NO4S. The molecule has 29 heavy (non-hydrogen) atoms. The Morgan fingerprint density at radius 1 is 0.690 bits per heavy atom. The Morgan fingerprint density at radius 3 is 1.24 bits per heavy atom. The highest BCUT2D eigenvalue weighted by molar-refractivity contribution is 7.84. The van der Waals surface area contributed by atoms with E-state index in [-0.39, 0.29) is 0 Å².